The molecule has 2 rings (SSSR count). The van der Waals surface area contributed by atoms with Gasteiger partial charge in [-0.15, -0.1) is 0 Å². The molecule has 0 bridgehead atoms. The van der Waals surface area contributed by atoms with Crippen LogP contribution in [-0.2, 0) is 0 Å². The highest BCUT2D eigenvalue weighted by molar-refractivity contribution is 5.89. The highest BCUT2D eigenvalue weighted by atomic mass is 19.1. The second-order valence-corrected chi connectivity index (χ2v) is 3.81. The predicted octanol–water partition coefficient (Wildman–Crippen LogP) is 3.20. The lowest BCUT2D eigenvalue weighted by molar-refractivity contribution is 0.0697. The van der Waals surface area contributed by atoms with Crippen molar-refractivity contribution in [3.05, 3.63) is 59.2 Å². The van der Waals surface area contributed by atoms with E-state index in [9.17, 15) is 13.6 Å². The van der Waals surface area contributed by atoms with Crippen LogP contribution < -0.4 is 0 Å². The molecule has 94 valence electrons. The first kappa shape index (κ1) is 12.7. The van der Waals surface area contributed by atoms with E-state index < -0.39 is 17.6 Å². The van der Waals surface area contributed by atoms with Crippen LogP contribution in [0.5, 0.6) is 0 Å². The first-order valence-corrected chi connectivity index (χ1v) is 5.26. The number of halogens is 2. The van der Waals surface area contributed by atoms with Gasteiger partial charge in [-0.1, -0.05) is 0 Å². The molecule has 0 radical (unpaired) electrons. The van der Waals surface area contributed by atoms with Gasteiger partial charge in [0.05, 0.1) is 17.2 Å². The van der Waals surface area contributed by atoms with Crippen LogP contribution in [0.15, 0.2) is 36.4 Å². The number of hydrogen-bond donors (Lipinski definition) is 1. The molecule has 5 heteroatoms. The average molecular weight is 259 g/mol. The maximum Gasteiger partial charge on any atom is 0.335 e. The molecule has 0 heterocycles. The Morgan fingerprint density at radius 2 is 1.63 bits per heavy atom. The van der Waals surface area contributed by atoms with Crippen LogP contribution in [0.2, 0.25) is 0 Å². The topological polar surface area (TPSA) is 61.1 Å². The minimum atomic E-state index is -1.24. The molecule has 0 fully saturated rings. The van der Waals surface area contributed by atoms with Gasteiger partial charge in [0.15, 0.2) is 0 Å². The summed E-state index contributed by atoms with van der Waals surface area (Å²) >= 11 is 0. The van der Waals surface area contributed by atoms with Crippen LogP contribution in [0.4, 0.5) is 8.78 Å². The smallest absolute Gasteiger partial charge is 0.335 e. The van der Waals surface area contributed by atoms with Gasteiger partial charge in [-0.05, 0) is 36.4 Å². The molecule has 0 aromatic heterocycles. The number of benzene rings is 2. The first-order valence-electron chi connectivity index (χ1n) is 5.26. The van der Waals surface area contributed by atoms with Crippen molar-refractivity contribution in [3.8, 4) is 17.2 Å². The second-order valence-electron chi connectivity index (χ2n) is 3.81. The quantitative estimate of drug-likeness (QED) is 0.900. The van der Waals surface area contributed by atoms with E-state index in [2.05, 4.69) is 0 Å². The first-order chi connectivity index (χ1) is 9.02. The molecule has 1 N–H and O–H groups in total. The molecule has 0 saturated heterocycles. The summed E-state index contributed by atoms with van der Waals surface area (Å²) in [5.74, 6) is -2.71. The van der Waals surface area contributed by atoms with E-state index in [0.717, 1.165) is 24.3 Å². The van der Waals surface area contributed by atoms with Crippen LogP contribution >= 0.6 is 0 Å². The van der Waals surface area contributed by atoms with E-state index in [1.165, 1.54) is 12.1 Å². The van der Waals surface area contributed by atoms with Gasteiger partial charge in [0.25, 0.3) is 0 Å². The van der Waals surface area contributed by atoms with E-state index in [0.29, 0.717) is 0 Å². The molecule has 19 heavy (non-hydrogen) atoms. The highest BCUT2D eigenvalue weighted by Crippen LogP contribution is 2.27. The summed E-state index contributed by atoms with van der Waals surface area (Å²) in [5.41, 5.74) is -0.316. The third-order valence-corrected chi connectivity index (χ3v) is 2.60. The predicted molar refractivity (Wildman–Crippen MR) is 63.5 cm³/mol. The number of nitrogens with zero attached hydrogens (tertiary/aromatic N) is 1. The van der Waals surface area contributed by atoms with Crippen LogP contribution in [0.1, 0.15) is 15.9 Å². The fraction of sp³-hybridized carbons (Fsp3) is 0. The maximum absolute atomic E-state index is 13.7. The van der Waals surface area contributed by atoms with Crippen molar-refractivity contribution in [2.45, 2.75) is 0 Å². The lowest BCUT2D eigenvalue weighted by atomic mass is 10.00. The number of aromatic carboxylic acids is 1. The summed E-state index contributed by atoms with van der Waals surface area (Å²) in [7, 11) is 0. The van der Waals surface area contributed by atoms with E-state index in [1.807, 2.05) is 6.07 Å². The van der Waals surface area contributed by atoms with Gasteiger partial charge in [0, 0.05) is 11.1 Å². The van der Waals surface area contributed by atoms with Gasteiger partial charge in [-0.25, -0.2) is 13.6 Å². The largest absolute Gasteiger partial charge is 0.478 e. The molecule has 0 saturated carbocycles. The average Bonchev–Trinajstić information content (AvgIpc) is 2.40. The van der Waals surface area contributed by atoms with Crippen LogP contribution in [0.25, 0.3) is 11.1 Å². The van der Waals surface area contributed by atoms with Gasteiger partial charge in [0.2, 0.25) is 0 Å². The molecule has 0 spiro atoms. The zero-order valence-corrected chi connectivity index (χ0v) is 9.52. The van der Waals surface area contributed by atoms with Gasteiger partial charge < -0.3 is 5.11 Å². The summed E-state index contributed by atoms with van der Waals surface area (Å²) in [6, 6.07) is 8.38. The Bertz CT molecular complexity index is 705. The third-order valence-electron chi connectivity index (χ3n) is 2.60. The van der Waals surface area contributed by atoms with Gasteiger partial charge in [-0.2, -0.15) is 5.26 Å². The minimum absolute atomic E-state index is 0.139. The molecular formula is C14H7F2NO2. The van der Waals surface area contributed by atoms with E-state index in [1.54, 1.807) is 0 Å². The monoisotopic (exact) mass is 259 g/mol. The number of carbonyl (C=O) groups is 1. The summed E-state index contributed by atoms with van der Waals surface area (Å²) in [6.45, 7) is 0. The molecule has 0 aliphatic carbocycles. The molecule has 0 aliphatic rings. The zero-order chi connectivity index (χ0) is 14.0. The molecule has 0 atom stereocenters. The van der Waals surface area contributed by atoms with Gasteiger partial charge >= 0.3 is 5.97 Å². The molecule has 0 aliphatic heterocycles. The highest BCUT2D eigenvalue weighted by Gasteiger charge is 2.14. The summed E-state index contributed by atoms with van der Waals surface area (Å²) < 4.78 is 27.4. The van der Waals surface area contributed by atoms with Crippen molar-refractivity contribution < 1.29 is 18.7 Å². The van der Waals surface area contributed by atoms with Crippen LogP contribution in [0.3, 0.4) is 0 Å². The van der Waals surface area contributed by atoms with Crippen molar-refractivity contribution in [1.82, 2.24) is 0 Å². The SMILES string of the molecule is N#Cc1ccc(F)c(-c2cc(C(=O)O)ccc2F)c1. The van der Waals surface area contributed by atoms with E-state index in [4.69, 9.17) is 10.4 Å². The molecule has 0 unspecified atom stereocenters. The summed E-state index contributed by atoms with van der Waals surface area (Å²) in [6.07, 6.45) is 0. The summed E-state index contributed by atoms with van der Waals surface area (Å²) in [4.78, 5) is 10.8. The fourth-order valence-electron chi connectivity index (χ4n) is 1.67. The Balaban J connectivity index is 2.68. The molecule has 0 amide bonds. The molecule has 2 aromatic carbocycles. The van der Waals surface area contributed by atoms with Crippen LogP contribution in [0, 0.1) is 23.0 Å². The normalized spacial score (nSPS) is 9.95. The van der Waals surface area contributed by atoms with Crippen molar-refractivity contribution in [1.29, 1.82) is 5.26 Å². The number of carboxylic acids is 1. The third kappa shape index (κ3) is 2.43. The molecule has 2 aromatic rings. The Morgan fingerprint density at radius 1 is 1.05 bits per heavy atom. The number of hydrogen-bond acceptors (Lipinski definition) is 2. The fourth-order valence-corrected chi connectivity index (χ4v) is 1.67. The van der Waals surface area contributed by atoms with Crippen molar-refractivity contribution >= 4 is 5.97 Å². The van der Waals surface area contributed by atoms with Crippen LogP contribution in [-0.4, -0.2) is 11.1 Å². The van der Waals surface area contributed by atoms with E-state index >= 15 is 0 Å². The van der Waals surface area contributed by atoms with E-state index in [-0.39, 0.29) is 22.3 Å². The standard InChI is InChI=1S/C14H7F2NO2/c15-12-3-1-8(7-17)5-10(12)11-6-9(14(18)19)2-4-13(11)16/h1-6H,(H,18,19). The Hall–Kier alpha value is -2.74. The zero-order valence-electron chi connectivity index (χ0n) is 9.52. The minimum Gasteiger partial charge on any atom is -0.478 e. The molecule has 3 nitrogen and oxygen atoms in total. The van der Waals surface area contributed by atoms with Gasteiger partial charge in [-0.3, -0.25) is 0 Å². The van der Waals surface area contributed by atoms with Crippen molar-refractivity contribution in [3.63, 3.8) is 0 Å². The Labute approximate surface area is 107 Å². The second kappa shape index (κ2) is 4.86. The maximum atomic E-state index is 13.7. The molecular weight excluding hydrogens is 252 g/mol. The number of rotatable bonds is 2. The lowest BCUT2D eigenvalue weighted by Crippen LogP contribution is -1.98. The number of nitriles is 1. The Morgan fingerprint density at radius 3 is 2.21 bits per heavy atom. The van der Waals surface area contributed by atoms with Crippen molar-refractivity contribution in [2.75, 3.05) is 0 Å². The number of carboxylic acid groups (broad SMARTS) is 1. The Kier molecular flexibility index (Phi) is 3.25. The van der Waals surface area contributed by atoms with Crippen molar-refractivity contribution in [2.24, 2.45) is 0 Å². The lowest BCUT2D eigenvalue weighted by Gasteiger charge is -2.06. The van der Waals surface area contributed by atoms with Gasteiger partial charge in [0.1, 0.15) is 11.6 Å². The summed E-state index contributed by atoms with van der Waals surface area (Å²) in [5, 5.41) is 17.6.